The molecule has 0 atom stereocenters. The van der Waals surface area contributed by atoms with Gasteiger partial charge in [-0.05, 0) is 49.6 Å². The summed E-state index contributed by atoms with van der Waals surface area (Å²) in [6.45, 7) is 11.7. The van der Waals surface area contributed by atoms with Crippen molar-refractivity contribution in [2.24, 2.45) is 17.3 Å². The molecule has 0 aromatic rings. The Morgan fingerprint density at radius 2 is 1.67 bits per heavy atom. The minimum absolute atomic E-state index is 0.534. The SMILES string of the molecule is CCNCCC1CCC(C(C)(C)C)CC1. The van der Waals surface area contributed by atoms with Gasteiger partial charge in [0.1, 0.15) is 0 Å². The Morgan fingerprint density at radius 3 is 2.13 bits per heavy atom. The third-order valence-corrected chi connectivity index (χ3v) is 4.05. The smallest absolute Gasteiger partial charge is 0.00464 e. The summed E-state index contributed by atoms with van der Waals surface area (Å²) in [5.74, 6) is 1.97. The molecule has 0 amide bonds. The van der Waals surface area contributed by atoms with Crippen LogP contribution >= 0.6 is 0 Å². The molecule has 1 heteroatoms. The first-order chi connectivity index (χ1) is 7.04. The lowest BCUT2D eigenvalue weighted by Crippen LogP contribution is -2.27. The molecule has 0 saturated heterocycles. The van der Waals surface area contributed by atoms with E-state index in [2.05, 4.69) is 33.0 Å². The van der Waals surface area contributed by atoms with Crippen LogP contribution < -0.4 is 5.32 Å². The molecular formula is C14H29N. The molecule has 0 aromatic carbocycles. The third-order valence-electron chi connectivity index (χ3n) is 4.05. The van der Waals surface area contributed by atoms with Crippen molar-refractivity contribution in [3.8, 4) is 0 Å². The number of rotatable bonds is 4. The molecular weight excluding hydrogens is 182 g/mol. The molecule has 0 bridgehead atoms. The first kappa shape index (κ1) is 13.0. The summed E-state index contributed by atoms with van der Waals surface area (Å²) in [5.41, 5.74) is 0.534. The summed E-state index contributed by atoms with van der Waals surface area (Å²) in [6, 6.07) is 0. The van der Waals surface area contributed by atoms with E-state index in [1.807, 2.05) is 0 Å². The van der Waals surface area contributed by atoms with Crippen LogP contribution in [0, 0.1) is 17.3 Å². The summed E-state index contributed by atoms with van der Waals surface area (Å²) in [6.07, 6.45) is 7.24. The topological polar surface area (TPSA) is 12.0 Å². The van der Waals surface area contributed by atoms with Gasteiger partial charge in [-0.2, -0.15) is 0 Å². The van der Waals surface area contributed by atoms with Crippen LogP contribution in [0.1, 0.15) is 59.8 Å². The maximum Gasteiger partial charge on any atom is -0.00464 e. The Kier molecular flexibility index (Phi) is 5.11. The van der Waals surface area contributed by atoms with E-state index in [1.165, 1.54) is 38.6 Å². The average Bonchev–Trinajstić information content (AvgIpc) is 2.18. The van der Waals surface area contributed by atoms with Crippen molar-refractivity contribution in [2.45, 2.75) is 59.8 Å². The van der Waals surface area contributed by atoms with Crippen LogP contribution in [0.2, 0.25) is 0 Å². The van der Waals surface area contributed by atoms with Crippen LogP contribution in [0.3, 0.4) is 0 Å². The fourth-order valence-electron chi connectivity index (χ4n) is 2.80. The van der Waals surface area contributed by atoms with Crippen molar-refractivity contribution in [3.63, 3.8) is 0 Å². The number of hydrogen-bond acceptors (Lipinski definition) is 1. The minimum atomic E-state index is 0.534. The average molecular weight is 211 g/mol. The molecule has 15 heavy (non-hydrogen) atoms. The molecule has 1 saturated carbocycles. The van der Waals surface area contributed by atoms with Gasteiger partial charge in [-0.25, -0.2) is 0 Å². The molecule has 1 aliphatic carbocycles. The van der Waals surface area contributed by atoms with E-state index >= 15 is 0 Å². The highest BCUT2D eigenvalue weighted by molar-refractivity contribution is 4.80. The minimum Gasteiger partial charge on any atom is -0.317 e. The van der Waals surface area contributed by atoms with Crippen LogP contribution in [0.4, 0.5) is 0 Å². The Hall–Kier alpha value is -0.0400. The Balaban J connectivity index is 2.18. The maximum absolute atomic E-state index is 3.44. The second kappa shape index (κ2) is 5.89. The lowest BCUT2D eigenvalue weighted by Gasteiger charge is -2.37. The molecule has 1 N–H and O–H groups in total. The van der Waals surface area contributed by atoms with E-state index in [-0.39, 0.29) is 0 Å². The highest BCUT2D eigenvalue weighted by Crippen LogP contribution is 2.40. The molecule has 0 spiro atoms. The quantitative estimate of drug-likeness (QED) is 0.697. The van der Waals surface area contributed by atoms with Gasteiger partial charge in [-0.1, -0.05) is 40.5 Å². The second-order valence-electron chi connectivity index (χ2n) is 6.23. The zero-order valence-corrected chi connectivity index (χ0v) is 11.1. The number of nitrogens with one attached hydrogen (secondary N) is 1. The van der Waals surface area contributed by atoms with Crippen LogP contribution in [-0.2, 0) is 0 Å². The molecule has 1 aliphatic rings. The van der Waals surface area contributed by atoms with Gasteiger partial charge < -0.3 is 5.32 Å². The Morgan fingerprint density at radius 1 is 1.07 bits per heavy atom. The van der Waals surface area contributed by atoms with Gasteiger partial charge in [0.2, 0.25) is 0 Å². The van der Waals surface area contributed by atoms with Gasteiger partial charge in [0, 0.05) is 0 Å². The molecule has 0 heterocycles. The van der Waals surface area contributed by atoms with E-state index in [0.717, 1.165) is 18.4 Å². The third kappa shape index (κ3) is 4.55. The van der Waals surface area contributed by atoms with Crippen LogP contribution in [0.15, 0.2) is 0 Å². The van der Waals surface area contributed by atoms with Crippen molar-refractivity contribution in [1.82, 2.24) is 5.32 Å². The fourth-order valence-corrected chi connectivity index (χ4v) is 2.80. The highest BCUT2D eigenvalue weighted by Gasteiger charge is 2.29. The van der Waals surface area contributed by atoms with E-state index in [9.17, 15) is 0 Å². The summed E-state index contributed by atoms with van der Waals surface area (Å²) >= 11 is 0. The summed E-state index contributed by atoms with van der Waals surface area (Å²) < 4.78 is 0. The summed E-state index contributed by atoms with van der Waals surface area (Å²) in [5, 5.41) is 3.44. The van der Waals surface area contributed by atoms with E-state index in [0.29, 0.717) is 5.41 Å². The Bertz CT molecular complexity index is 161. The van der Waals surface area contributed by atoms with E-state index in [1.54, 1.807) is 0 Å². The first-order valence-electron chi connectivity index (χ1n) is 6.74. The highest BCUT2D eigenvalue weighted by atomic mass is 14.8. The first-order valence-corrected chi connectivity index (χ1v) is 6.74. The van der Waals surface area contributed by atoms with Gasteiger partial charge in [0.15, 0.2) is 0 Å². The lowest BCUT2D eigenvalue weighted by molar-refractivity contribution is 0.146. The van der Waals surface area contributed by atoms with Gasteiger partial charge in [-0.15, -0.1) is 0 Å². The standard InChI is InChI=1S/C14H29N/c1-5-15-11-10-12-6-8-13(9-7-12)14(2,3)4/h12-13,15H,5-11H2,1-4H3. The van der Waals surface area contributed by atoms with Crippen molar-refractivity contribution in [1.29, 1.82) is 0 Å². The predicted molar refractivity (Wildman–Crippen MR) is 68.1 cm³/mol. The molecule has 0 aliphatic heterocycles. The lowest BCUT2D eigenvalue weighted by atomic mass is 9.69. The molecule has 1 fully saturated rings. The Labute approximate surface area is 96.0 Å². The van der Waals surface area contributed by atoms with E-state index in [4.69, 9.17) is 0 Å². The van der Waals surface area contributed by atoms with Gasteiger partial charge in [-0.3, -0.25) is 0 Å². The molecule has 1 nitrogen and oxygen atoms in total. The van der Waals surface area contributed by atoms with Gasteiger partial charge >= 0.3 is 0 Å². The molecule has 1 rings (SSSR count). The monoisotopic (exact) mass is 211 g/mol. The van der Waals surface area contributed by atoms with Crippen LogP contribution in [0.5, 0.6) is 0 Å². The zero-order chi connectivity index (χ0) is 11.3. The maximum atomic E-state index is 3.44. The summed E-state index contributed by atoms with van der Waals surface area (Å²) in [7, 11) is 0. The summed E-state index contributed by atoms with van der Waals surface area (Å²) in [4.78, 5) is 0. The molecule has 0 unspecified atom stereocenters. The van der Waals surface area contributed by atoms with Crippen LogP contribution in [0.25, 0.3) is 0 Å². The predicted octanol–water partition coefficient (Wildman–Crippen LogP) is 3.84. The largest absolute Gasteiger partial charge is 0.317 e. The van der Waals surface area contributed by atoms with Gasteiger partial charge in [0.25, 0.3) is 0 Å². The number of hydrogen-bond donors (Lipinski definition) is 1. The van der Waals surface area contributed by atoms with Crippen molar-refractivity contribution >= 4 is 0 Å². The van der Waals surface area contributed by atoms with E-state index < -0.39 is 0 Å². The normalized spacial score (nSPS) is 28.0. The fraction of sp³-hybridized carbons (Fsp3) is 1.00. The van der Waals surface area contributed by atoms with Gasteiger partial charge in [0.05, 0.1) is 0 Å². The molecule has 0 radical (unpaired) electrons. The van der Waals surface area contributed by atoms with Crippen molar-refractivity contribution < 1.29 is 0 Å². The molecule has 90 valence electrons. The van der Waals surface area contributed by atoms with Crippen molar-refractivity contribution in [2.75, 3.05) is 13.1 Å². The van der Waals surface area contributed by atoms with Crippen LogP contribution in [-0.4, -0.2) is 13.1 Å². The molecule has 0 aromatic heterocycles. The second-order valence-corrected chi connectivity index (χ2v) is 6.23. The zero-order valence-electron chi connectivity index (χ0n) is 11.1. The van der Waals surface area contributed by atoms with Crippen molar-refractivity contribution in [3.05, 3.63) is 0 Å².